The maximum absolute atomic E-state index is 12.8. The molecule has 1 atom stereocenters. The van der Waals surface area contributed by atoms with E-state index in [1.165, 1.54) is 12.1 Å². The Morgan fingerprint density at radius 3 is 2.04 bits per heavy atom. The van der Waals surface area contributed by atoms with Gasteiger partial charge in [-0.15, -0.1) is 0 Å². The summed E-state index contributed by atoms with van der Waals surface area (Å²) in [6.07, 6.45) is 0. The van der Waals surface area contributed by atoms with Crippen LogP contribution in [-0.2, 0) is 26.7 Å². The minimum absolute atomic E-state index is 0.149. The molecule has 0 aliphatic rings. The van der Waals surface area contributed by atoms with Crippen molar-refractivity contribution < 1.29 is 17.2 Å². The van der Waals surface area contributed by atoms with Gasteiger partial charge in [-0.1, -0.05) is 60.7 Å². The molecule has 26 heavy (non-hydrogen) atoms. The minimum atomic E-state index is -3.64. The second-order valence-corrected chi connectivity index (χ2v) is 8.82. The molecule has 0 fully saturated rings. The van der Waals surface area contributed by atoms with E-state index >= 15 is 0 Å². The zero-order valence-electron chi connectivity index (χ0n) is 14.1. The highest BCUT2D eigenvalue weighted by Crippen LogP contribution is 2.32. The Morgan fingerprint density at radius 2 is 1.46 bits per heavy atom. The van der Waals surface area contributed by atoms with Crippen LogP contribution in [0.4, 0.5) is 0 Å². The SMILES string of the molecule is Cc1ccc(-c2ccccc2)c(S(=O)O)c1CS(=O)(=O)c1ccccc1. The van der Waals surface area contributed by atoms with E-state index in [0.717, 1.165) is 5.56 Å². The molecule has 3 aromatic rings. The molecule has 6 heteroatoms. The first-order valence-corrected chi connectivity index (χ1v) is 10.7. The monoisotopic (exact) mass is 386 g/mol. The first kappa shape index (κ1) is 18.5. The molecule has 0 saturated carbocycles. The zero-order chi connectivity index (χ0) is 18.7. The van der Waals surface area contributed by atoms with Gasteiger partial charge in [0.25, 0.3) is 0 Å². The average molecular weight is 386 g/mol. The summed E-state index contributed by atoms with van der Waals surface area (Å²) in [7, 11) is -3.64. The van der Waals surface area contributed by atoms with Gasteiger partial charge in [-0.2, -0.15) is 0 Å². The molecule has 0 spiro atoms. The summed E-state index contributed by atoms with van der Waals surface area (Å²) in [6, 6.07) is 20.8. The van der Waals surface area contributed by atoms with Crippen LogP contribution in [0, 0.1) is 6.92 Å². The lowest BCUT2D eigenvalue weighted by Gasteiger charge is -2.15. The second-order valence-electron chi connectivity index (χ2n) is 5.93. The van der Waals surface area contributed by atoms with Crippen LogP contribution in [0.15, 0.2) is 82.6 Å². The predicted octanol–water partition coefficient (Wildman–Crippen LogP) is 4.22. The van der Waals surface area contributed by atoms with Gasteiger partial charge in [-0.3, -0.25) is 0 Å². The van der Waals surface area contributed by atoms with E-state index < -0.39 is 20.9 Å². The smallest absolute Gasteiger partial charge is 0.187 e. The van der Waals surface area contributed by atoms with Crippen LogP contribution in [0.1, 0.15) is 11.1 Å². The van der Waals surface area contributed by atoms with E-state index in [0.29, 0.717) is 16.7 Å². The Balaban J connectivity index is 2.17. The van der Waals surface area contributed by atoms with Crippen molar-refractivity contribution in [1.82, 2.24) is 0 Å². The number of sulfone groups is 1. The van der Waals surface area contributed by atoms with Crippen LogP contribution in [0.2, 0.25) is 0 Å². The summed E-state index contributed by atoms with van der Waals surface area (Å²) < 4.78 is 47.6. The van der Waals surface area contributed by atoms with Crippen molar-refractivity contribution in [2.75, 3.05) is 0 Å². The van der Waals surface area contributed by atoms with Crippen LogP contribution in [0.25, 0.3) is 11.1 Å². The molecule has 0 bridgehead atoms. The molecule has 0 aliphatic carbocycles. The van der Waals surface area contributed by atoms with Crippen molar-refractivity contribution >= 4 is 20.9 Å². The van der Waals surface area contributed by atoms with Gasteiger partial charge >= 0.3 is 0 Å². The van der Waals surface area contributed by atoms with Gasteiger partial charge in [0, 0.05) is 5.56 Å². The van der Waals surface area contributed by atoms with Crippen LogP contribution < -0.4 is 0 Å². The van der Waals surface area contributed by atoms with E-state index in [1.54, 1.807) is 37.3 Å². The molecule has 0 aromatic heterocycles. The predicted molar refractivity (Wildman–Crippen MR) is 103 cm³/mol. The Labute approximate surface area is 155 Å². The molecule has 3 aromatic carbocycles. The Kier molecular flexibility index (Phi) is 5.36. The van der Waals surface area contributed by atoms with E-state index in [1.807, 2.05) is 30.3 Å². The second kappa shape index (κ2) is 7.53. The average Bonchev–Trinajstić information content (AvgIpc) is 2.64. The molecule has 1 N–H and O–H groups in total. The van der Waals surface area contributed by atoms with Gasteiger partial charge in [-0.25, -0.2) is 12.6 Å². The first-order chi connectivity index (χ1) is 12.4. The van der Waals surface area contributed by atoms with Crippen molar-refractivity contribution in [3.05, 3.63) is 83.9 Å². The summed E-state index contributed by atoms with van der Waals surface area (Å²) in [6.45, 7) is 1.75. The third kappa shape index (κ3) is 3.77. The highest BCUT2D eigenvalue weighted by Gasteiger charge is 2.23. The van der Waals surface area contributed by atoms with E-state index in [-0.39, 0.29) is 15.5 Å². The van der Waals surface area contributed by atoms with Gasteiger partial charge in [0.15, 0.2) is 20.9 Å². The van der Waals surface area contributed by atoms with Crippen LogP contribution in [0.3, 0.4) is 0 Å². The Morgan fingerprint density at radius 1 is 0.885 bits per heavy atom. The fourth-order valence-corrected chi connectivity index (χ4v) is 5.25. The molecule has 0 amide bonds. The molecule has 0 radical (unpaired) electrons. The van der Waals surface area contributed by atoms with E-state index in [4.69, 9.17) is 0 Å². The van der Waals surface area contributed by atoms with Gasteiger partial charge in [-0.05, 0) is 35.7 Å². The Hall–Kier alpha value is -2.28. The molecular formula is C20H18O4S2. The molecule has 0 saturated heterocycles. The van der Waals surface area contributed by atoms with Crippen molar-refractivity contribution in [3.8, 4) is 11.1 Å². The van der Waals surface area contributed by atoms with Gasteiger partial charge in [0.05, 0.1) is 15.5 Å². The lowest BCUT2D eigenvalue weighted by atomic mass is 10.0. The molecule has 3 rings (SSSR count). The fourth-order valence-electron chi connectivity index (χ4n) is 2.85. The minimum Gasteiger partial charge on any atom is -0.302 e. The number of aryl methyl sites for hydroxylation is 1. The standard InChI is InChI=1S/C20H18O4S2/c1-15-12-13-18(16-8-4-2-5-9-16)20(25(21)22)19(15)14-26(23,24)17-10-6-3-7-11-17/h2-13H,14H2,1H3,(H,21,22). The largest absolute Gasteiger partial charge is 0.302 e. The topological polar surface area (TPSA) is 71.4 Å². The maximum atomic E-state index is 12.8. The molecule has 1 unspecified atom stereocenters. The highest BCUT2D eigenvalue weighted by atomic mass is 32.2. The lowest BCUT2D eigenvalue weighted by Crippen LogP contribution is -2.10. The molecule has 134 valence electrons. The van der Waals surface area contributed by atoms with Gasteiger partial charge in [0.2, 0.25) is 0 Å². The number of rotatable bonds is 5. The van der Waals surface area contributed by atoms with Crippen molar-refractivity contribution in [2.45, 2.75) is 22.5 Å². The van der Waals surface area contributed by atoms with E-state index in [9.17, 15) is 17.2 Å². The quantitative estimate of drug-likeness (QED) is 0.667. The highest BCUT2D eigenvalue weighted by molar-refractivity contribution is 7.90. The van der Waals surface area contributed by atoms with Crippen molar-refractivity contribution in [3.63, 3.8) is 0 Å². The first-order valence-electron chi connectivity index (χ1n) is 7.97. The van der Waals surface area contributed by atoms with E-state index in [2.05, 4.69) is 0 Å². The summed E-state index contributed by atoms with van der Waals surface area (Å²) >= 11 is -2.32. The number of hydrogen-bond acceptors (Lipinski definition) is 3. The third-order valence-electron chi connectivity index (χ3n) is 4.19. The number of hydrogen-bond donors (Lipinski definition) is 1. The van der Waals surface area contributed by atoms with Crippen LogP contribution >= 0.6 is 0 Å². The Bertz CT molecular complexity index is 1040. The normalized spacial score (nSPS) is 12.7. The summed E-state index contributed by atoms with van der Waals surface area (Å²) in [5.41, 5.74) is 2.37. The maximum Gasteiger partial charge on any atom is 0.187 e. The molecule has 4 nitrogen and oxygen atoms in total. The van der Waals surface area contributed by atoms with Crippen LogP contribution in [-0.4, -0.2) is 17.2 Å². The van der Waals surface area contributed by atoms with Gasteiger partial charge in [0.1, 0.15) is 0 Å². The third-order valence-corrected chi connectivity index (χ3v) is 6.67. The molecule has 0 aliphatic heterocycles. The number of benzene rings is 3. The zero-order valence-corrected chi connectivity index (χ0v) is 15.8. The van der Waals surface area contributed by atoms with Gasteiger partial charge < -0.3 is 4.55 Å². The summed E-state index contributed by atoms with van der Waals surface area (Å²) in [5, 5.41) is 0. The lowest BCUT2D eigenvalue weighted by molar-refractivity contribution is 0.563. The summed E-state index contributed by atoms with van der Waals surface area (Å²) in [4.78, 5) is 0.342. The van der Waals surface area contributed by atoms with Crippen molar-refractivity contribution in [2.24, 2.45) is 0 Å². The fraction of sp³-hybridized carbons (Fsp3) is 0.100. The van der Waals surface area contributed by atoms with Crippen LogP contribution in [0.5, 0.6) is 0 Å². The molecule has 0 heterocycles. The van der Waals surface area contributed by atoms with Crippen molar-refractivity contribution in [1.29, 1.82) is 0 Å². The molecular weight excluding hydrogens is 368 g/mol. The summed E-state index contributed by atoms with van der Waals surface area (Å²) in [5.74, 6) is -0.328.